The van der Waals surface area contributed by atoms with Crippen molar-refractivity contribution in [2.75, 3.05) is 30.0 Å². The maximum atomic E-state index is 14.2. The van der Waals surface area contributed by atoms with E-state index in [2.05, 4.69) is 0 Å². The highest BCUT2D eigenvalue weighted by atomic mass is 32.2. The van der Waals surface area contributed by atoms with Gasteiger partial charge in [0.05, 0.1) is 17.7 Å². The number of halogens is 1. The SMILES string of the molecule is COc1ccc(N2CCN(c3ccc(S(N)(=O)=O)cc3)C2=O)c(F)c1. The number of ether oxygens (including phenoxy) is 1. The number of methoxy groups -OCH3 is 1. The van der Waals surface area contributed by atoms with Gasteiger partial charge in [-0.1, -0.05) is 0 Å². The number of amides is 2. The Bertz CT molecular complexity index is 915. The monoisotopic (exact) mass is 365 g/mol. The molecule has 0 radical (unpaired) electrons. The summed E-state index contributed by atoms with van der Waals surface area (Å²) in [6.45, 7) is 0.651. The smallest absolute Gasteiger partial charge is 0.329 e. The van der Waals surface area contributed by atoms with Crippen molar-refractivity contribution in [3.8, 4) is 5.75 Å². The quantitative estimate of drug-likeness (QED) is 0.896. The van der Waals surface area contributed by atoms with Crippen molar-refractivity contribution in [2.24, 2.45) is 5.14 Å². The molecule has 25 heavy (non-hydrogen) atoms. The Balaban J connectivity index is 1.85. The van der Waals surface area contributed by atoms with E-state index in [-0.39, 0.29) is 10.6 Å². The molecule has 2 aromatic rings. The summed E-state index contributed by atoms with van der Waals surface area (Å²) in [5.74, 6) is -0.192. The molecule has 0 bridgehead atoms. The maximum absolute atomic E-state index is 14.2. The van der Waals surface area contributed by atoms with Crippen LogP contribution in [0.25, 0.3) is 0 Å². The molecule has 1 saturated heterocycles. The Hall–Kier alpha value is -2.65. The van der Waals surface area contributed by atoms with E-state index >= 15 is 0 Å². The highest BCUT2D eigenvalue weighted by Crippen LogP contribution is 2.29. The van der Waals surface area contributed by atoms with Gasteiger partial charge in [0.25, 0.3) is 0 Å². The van der Waals surface area contributed by atoms with E-state index in [0.29, 0.717) is 24.5 Å². The Morgan fingerprint density at radius 3 is 2.28 bits per heavy atom. The molecule has 0 atom stereocenters. The number of anilines is 2. The molecule has 0 aliphatic carbocycles. The van der Waals surface area contributed by atoms with Gasteiger partial charge in [0.15, 0.2) is 5.82 Å². The zero-order valence-electron chi connectivity index (χ0n) is 13.3. The number of sulfonamides is 1. The van der Waals surface area contributed by atoms with E-state index < -0.39 is 21.9 Å². The number of primary sulfonamides is 1. The number of benzene rings is 2. The second kappa shape index (κ2) is 6.34. The van der Waals surface area contributed by atoms with Crippen molar-refractivity contribution in [1.29, 1.82) is 0 Å². The maximum Gasteiger partial charge on any atom is 0.329 e. The van der Waals surface area contributed by atoms with E-state index in [4.69, 9.17) is 9.88 Å². The summed E-state index contributed by atoms with van der Waals surface area (Å²) in [5.41, 5.74) is 0.670. The highest BCUT2D eigenvalue weighted by Gasteiger charge is 2.32. The first-order chi connectivity index (χ1) is 11.8. The minimum Gasteiger partial charge on any atom is -0.497 e. The summed E-state index contributed by atoms with van der Waals surface area (Å²) in [7, 11) is -2.37. The number of urea groups is 1. The van der Waals surface area contributed by atoms with Crippen LogP contribution in [-0.4, -0.2) is 34.6 Å². The van der Waals surface area contributed by atoms with Crippen LogP contribution >= 0.6 is 0 Å². The van der Waals surface area contributed by atoms with Crippen LogP contribution in [0.1, 0.15) is 0 Å². The lowest BCUT2D eigenvalue weighted by Crippen LogP contribution is -2.32. The van der Waals surface area contributed by atoms with Crippen LogP contribution in [0.5, 0.6) is 5.75 Å². The molecule has 9 heteroatoms. The fourth-order valence-electron chi connectivity index (χ4n) is 2.65. The molecule has 2 amide bonds. The molecule has 7 nitrogen and oxygen atoms in total. The first-order valence-electron chi connectivity index (χ1n) is 7.36. The topological polar surface area (TPSA) is 92.9 Å². The van der Waals surface area contributed by atoms with Gasteiger partial charge in [0.1, 0.15) is 5.75 Å². The Labute approximate surface area is 144 Å². The molecule has 1 aliphatic heterocycles. The van der Waals surface area contributed by atoms with Gasteiger partial charge in [0, 0.05) is 24.8 Å². The molecule has 2 N–H and O–H groups in total. The van der Waals surface area contributed by atoms with Gasteiger partial charge in [-0.3, -0.25) is 9.80 Å². The molecule has 1 aliphatic rings. The number of rotatable bonds is 4. The van der Waals surface area contributed by atoms with Gasteiger partial charge >= 0.3 is 6.03 Å². The summed E-state index contributed by atoms with van der Waals surface area (Å²) in [5, 5.41) is 5.06. The van der Waals surface area contributed by atoms with Crippen LogP contribution in [0.4, 0.5) is 20.6 Å². The Kier molecular flexibility index (Phi) is 4.36. The zero-order chi connectivity index (χ0) is 18.2. The van der Waals surface area contributed by atoms with Crippen LogP contribution in [-0.2, 0) is 10.0 Å². The first kappa shape index (κ1) is 17.2. The van der Waals surface area contributed by atoms with Crippen LogP contribution in [0.2, 0.25) is 0 Å². The van der Waals surface area contributed by atoms with Crippen molar-refractivity contribution in [3.05, 3.63) is 48.3 Å². The molecule has 132 valence electrons. The number of carbonyl (C=O) groups is 1. The second-order valence-electron chi connectivity index (χ2n) is 5.44. The van der Waals surface area contributed by atoms with Crippen LogP contribution in [0, 0.1) is 5.82 Å². The third-order valence-electron chi connectivity index (χ3n) is 3.93. The van der Waals surface area contributed by atoms with Crippen LogP contribution < -0.4 is 19.7 Å². The van der Waals surface area contributed by atoms with Gasteiger partial charge in [-0.25, -0.2) is 22.7 Å². The summed E-state index contributed by atoms with van der Waals surface area (Å²) >= 11 is 0. The summed E-state index contributed by atoms with van der Waals surface area (Å²) in [6, 6.07) is 9.52. The lowest BCUT2D eigenvalue weighted by Gasteiger charge is -2.19. The predicted octanol–water partition coefficient (Wildman–Crippen LogP) is 1.93. The van der Waals surface area contributed by atoms with Crippen molar-refractivity contribution >= 4 is 27.4 Å². The van der Waals surface area contributed by atoms with Crippen molar-refractivity contribution in [2.45, 2.75) is 4.90 Å². The molecule has 1 fully saturated rings. The molecule has 2 aromatic carbocycles. The Morgan fingerprint density at radius 1 is 1.08 bits per heavy atom. The van der Waals surface area contributed by atoms with E-state index in [0.717, 1.165) is 0 Å². The average molecular weight is 365 g/mol. The summed E-state index contributed by atoms with van der Waals surface area (Å²) in [6.07, 6.45) is 0. The average Bonchev–Trinajstić information content (AvgIpc) is 2.95. The molecule has 1 heterocycles. The number of hydrogen-bond acceptors (Lipinski definition) is 4. The largest absolute Gasteiger partial charge is 0.497 e. The van der Waals surface area contributed by atoms with E-state index in [1.807, 2.05) is 0 Å². The van der Waals surface area contributed by atoms with E-state index in [9.17, 15) is 17.6 Å². The molecular weight excluding hydrogens is 349 g/mol. The van der Waals surface area contributed by atoms with E-state index in [1.165, 1.54) is 53.3 Å². The lowest BCUT2D eigenvalue weighted by atomic mass is 10.2. The van der Waals surface area contributed by atoms with Crippen molar-refractivity contribution in [1.82, 2.24) is 0 Å². The fourth-order valence-corrected chi connectivity index (χ4v) is 3.16. The molecule has 0 spiro atoms. The molecular formula is C16H16FN3O4S. The van der Waals surface area contributed by atoms with Gasteiger partial charge < -0.3 is 4.74 Å². The van der Waals surface area contributed by atoms with Gasteiger partial charge in [-0.2, -0.15) is 0 Å². The number of carbonyl (C=O) groups excluding carboxylic acids is 1. The van der Waals surface area contributed by atoms with Crippen molar-refractivity contribution in [3.63, 3.8) is 0 Å². The molecule has 0 saturated carbocycles. The second-order valence-corrected chi connectivity index (χ2v) is 7.00. The number of nitrogens with two attached hydrogens (primary N) is 1. The van der Waals surface area contributed by atoms with Gasteiger partial charge in [0.2, 0.25) is 10.0 Å². The number of nitrogens with zero attached hydrogens (tertiary/aromatic N) is 2. The minimum atomic E-state index is -3.80. The zero-order valence-corrected chi connectivity index (χ0v) is 14.2. The highest BCUT2D eigenvalue weighted by molar-refractivity contribution is 7.89. The Morgan fingerprint density at radius 2 is 1.72 bits per heavy atom. The number of hydrogen-bond donors (Lipinski definition) is 1. The summed E-state index contributed by atoms with van der Waals surface area (Å²) in [4.78, 5) is 15.3. The standard InChI is InChI=1S/C16H16FN3O4S/c1-24-12-4-7-15(14(17)10-12)20-9-8-19(16(20)21)11-2-5-13(6-3-11)25(18,22)23/h2-7,10H,8-9H2,1H3,(H2,18,22,23). The minimum absolute atomic E-state index is 0.0408. The first-order valence-corrected chi connectivity index (χ1v) is 8.91. The summed E-state index contributed by atoms with van der Waals surface area (Å²) < 4.78 is 41.7. The normalized spacial score (nSPS) is 14.9. The predicted molar refractivity (Wildman–Crippen MR) is 90.9 cm³/mol. The molecule has 0 unspecified atom stereocenters. The van der Waals surface area contributed by atoms with Gasteiger partial charge in [-0.05, 0) is 36.4 Å². The molecule has 3 rings (SSSR count). The van der Waals surface area contributed by atoms with Crippen LogP contribution in [0.15, 0.2) is 47.4 Å². The third kappa shape index (κ3) is 3.28. The van der Waals surface area contributed by atoms with Gasteiger partial charge in [-0.15, -0.1) is 0 Å². The molecule has 0 aromatic heterocycles. The lowest BCUT2D eigenvalue weighted by molar-refractivity contribution is 0.255. The fraction of sp³-hybridized carbons (Fsp3) is 0.188. The van der Waals surface area contributed by atoms with Crippen molar-refractivity contribution < 1.29 is 22.3 Å². The van der Waals surface area contributed by atoms with E-state index in [1.54, 1.807) is 6.07 Å². The third-order valence-corrected chi connectivity index (χ3v) is 4.86. The van der Waals surface area contributed by atoms with Crippen LogP contribution in [0.3, 0.4) is 0 Å².